The molecule has 1 aromatic rings. The molecule has 0 atom stereocenters. The Morgan fingerprint density at radius 3 is 2.48 bits per heavy atom. The fourth-order valence-electron chi connectivity index (χ4n) is 2.36. The molecule has 0 bridgehead atoms. The van der Waals surface area contributed by atoms with Crippen LogP contribution in [0, 0.1) is 6.92 Å². The van der Waals surface area contributed by atoms with Crippen molar-refractivity contribution < 1.29 is 4.79 Å². The summed E-state index contributed by atoms with van der Waals surface area (Å²) in [6, 6.07) is 6.65. The zero-order valence-corrected chi connectivity index (χ0v) is 14.2. The molecule has 0 saturated carbocycles. The van der Waals surface area contributed by atoms with E-state index in [4.69, 9.17) is 0 Å². The van der Waals surface area contributed by atoms with Gasteiger partial charge in [-0.2, -0.15) is 0 Å². The second kappa shape index (κ2) is 8.83. The number of carbonyl (C=O) groups is 1. The van der Waals surface area contributed by atoms with Crippen LogP contribution in [0.3, 0.4) is 0 Å². The maximum Gasteiger partial charge on any atom is 0.234 e. The van der Waals surface area contributed by atoms with Crippen LogP contribution in [0.1, 0.15) is 50.3 Å². The van der Waals surface area contributed by atoms with Gasteiger partial charge in [-0.1, -0.05) is 45.9 Å². The summed E-state index contributed by atoms with van der Waals surface area (Å²) in [5.74, 6) is 0.665. The number of amides is 1. The van der Waals surface area contributed by atoms with E-state index in [1.165, 1.54) is 16.7 Å². The van der Waals surface area contributed by atoms with Crippen molar-refractivity contribution in [1.29, 1.82) is 0 Å². The monoisotopic (exact) mass is 290 g/mol. The summed E-state index contributed by atoms with van der Waals surface area (Å²) < 4.78 is 0. The normalized spacial score (nSPS) is 11.2. The molecule has 1 rings (SSSR count). The molecule has 0 saturated heterocycles. The van der Waals surface area contributed by atoms with Gasteiger partial charge in [0.15, 0.2) is 0 Å². The third-order valence-electron chi connectivity index (χ3n) is 4.02. The lowest BCUT2D eigenvalue weighted by Crippen LogP contribution is -2.37. The molecule has 0 aliphatic rings. The molecule has 0 spiro atoms. The first-order chi connectivity index (χ1) is 9.97. The van der Waals surface area contributed by atoms with E-state index in [0.29, 0.717) is 19.0 Å². The molecule has 0 radical (unpaired) electrons. The number of nitrogens with one attached hydrogen (secondary N) is 1. The lowest BCUT2D eigenvalue weighted by atomic mass is 9.96. The molecule has 118 valence electrons. The predicted octanol–water partition coefficient (Wildman–Crippen LogP) is 3.12. The molecule has 3 heteroatoms. The molecule has 1 amide bonds. The van der Waals surface area contributed by atoms with Crippen molar-refractivity contribution in [3.8, 4) is 0 Å². The van der Waals surface area contributed by atoms with E-state index in [9.17, 15) is 4.79 Å². The second-order valence-corrected chi connectivity index (χ2v) is 5.90. The Bertz CT molecular complexity index is 451. The molecule has 3 nitrogen and oxygen atoms in total. The largest absolute Gasteiger partial charge is 0.355 e. The van der Waals surface area contributed by atoms with Gasteiger partial charge in [0, 0.05) is 6.54 Å². The van der Waals surface area contributed by atoms with Gasteiger partial charge in [-0.3, -0.25) is 9.69 Å². The van der Waals surface area contributed by atoms with Gasteiger partial charge in [-0.15, -0.1) is 0 Å². The van der Waals surface area contributed by atoms with E-state index in [1.807, 2.05) is 0 Å². The summed E-state index contributed by atoms with van der Waals surface area (Å²) in [5, 5.41) is 3.03. The Hall–Kier alpha value is -1.35. The second-order valence-electron chi connectivity index (χ2n) is 5.90. The topological polar surface area (TPSA) is 32.3 Å². The van der Waals surface area contributed by atoms with Crippen LogP contribution in [-0.4, -0.2) is 37.0 Å². The minimum absolute atomic E-state index is 0.122. The average Bonchev–Trinajstić information content (AvgIpc) is 2.46. The summed E-state index contributed by atoms with van der Waals surface area (Å²) in [4.78, 5) is 14.0. The van der Waals surface area contributed by atoms with Gasteiger partial charge < -0.3 is 5.32 Å². The zero-order valence-electron chi connectivity index (χ0n) is 14.2. The smallest absolute Gasteiger partial charge is 0.234 e. The number of carbonyl (C=O) groups excluding carboxylic acids is 1. The molecular formula is C18H30N2O. The summed E-state index contributed by atoms with van der Waals surface area (Å²) in [5.41, 5.74) is 4.01. The number of nitrogens with zero attached hydrogens (tertiary/aromatic N) is 1. The summed E-state index contributed by atoms with van der Waals surface area (Å²) in [6.07, 6.45) is 0.899. The van der Waals surface area contributed by atoms with Crippen LogP contribution in [-0.2, 0) is 11.2 Å². The molecule has 0 aliphatic carbocycles. The molecule has 0 heterocycles. The van der Waals surface area contributed by atoms with E-state index < -0.39 is 0 Å². The summed E-state index contributed by atoms with van der Waals surface area (Å²) >= 11 is 0. The fraction of sp³-hybridized carbons (Fsp3) is 0.611. The highest BCUT2D eigenvalue weighted by atomic mass is 16.2. The Morgan fingerprint density at radius 2 is 1.90 bits per heavy atom. The third kappa shape index (κ3) is 5.88. The predicted molar refractivity (Wildman–Crippen MR) is 89.8 cm³/mol. The Kier molecular flexibility index (Phi) is 7.44. The first kappa shape index (κ1) is 17.7. The third-order valence-corrected chi connectivity index (χ3v) is 4.02. The zero-order chi connectivity index (χ0) is 15.8. The Morgan fingerprint density at radius 1 is 1.24 bits per heavy atom. The molecule has 21 heavy (non-hydrogen) atoms. The quantitative estimate of drug-likeness (QED) is 0.798. The molecule has 1 N–H and O–H groups in total. The van der Waals surface area contributed by atoms with Gasteiger partial charge in [-0.05, 0) is 49.0 Å². The van der Waals surface area contributed by atoms with Crippen LogP contribution in [0.2, 0.25) is 0 Å². The number of aryl methyl sites for hydroxylation is 1. The van der Waals surface area contributed by atoms with Gasteiger partial charge in [-0.25, -0.2) is 0 Å². The maximum atomic E-state index is 11.9. The molecular weight excluding hydrogens is 260 g/mol. The molecule has 0 unspecified atom stereocenters. The SMILES string of the molecule is CCN(CC)CC(=O)NCCc1cc(C(C)C)ccc1C. The van der Waals surface area contributed by atoms with E-state index >= 15 is 0 Å². The van der Waals surface area contributed by atoms with Crippen molar-refractivity contribution in [1.82, 2.24) is 10.2 Å². The van der Waals surface area contributed by atoms with E-state index in [-0.39, 0.29) is 5.91 Å². The average molecular weight is 290 g/mol. The van der Waals surface area contributed by atoms with Crippen LogP contribution in [0.5, 0.6) is 0 Å². The van der Waals surface area contributed by atoms with E-state index in [0.717, 1.165) is 19.5 Å². The van der Waals surface area contributed by atoms with Crippen molar-refractivity contribution in [2.75, 3.05) is 26.2 Å². The number of benzene rings is 1. The van der Waals surface area contributed by atoms with Crippen LogP contribution in [0.15, 0.2) is 18.2 Å². The first-order valence-corrected chi connectivity index (χ1v) is 8.06. The highest BCUT2D eigenvalue weighted by Crippen LogP contribution is 2.18. The fourth-order valence-corrected chi connectivity index (χ4v) is 2.36. The van der Waals surface area contributed by atoms with Gasteiger partial charge in [0.1, 0.15) is 0 Å². The molecule has 0 fully saturated rings. The van der Waals surface area contributed by atoms with Crippen molar-refractivity contribution in [2.24, 2.45) is 0 Å². The minimum atomic E-state index is 0.122. The van der Waals surface area contributed by atoms with Gasteiger partial charge in [0.2, 0.25) is 5.91 Å². The summed E-state index contributed by atoms with van der Waals surface area (Å²) in [7, 11) is 0. The van der Waals surface area contributed by atoms with Crippen LogP contribution in [0.4, 0.5) is 0 Å². The van der Waals surface area contributed by atoms with Crippen LogP contribution < -0.4 is 5.32 Å². The number of hydrogen-bond donors (Lipinski definition) is 1. The van der Waals surface area contributed by atoms with Crippen LogP contribution >= 0.6 is 0 Å². The minimum Gasteiger partial charge on any atom is -0.355 e. The van der Waals surface area contributed by atoms with E-state index in [2.05, 4.69) is 63.0 Å². The molecule has 0 aromatic heterocycles. The summed E-state index contributed by atoms with van der Waals surface area (Å²) in [6.45, 7) is 13.8. The van der Waals surface area contributed by atoms with Gasteiger partial charge in [0.05, 0.1) is 6.54 Å². The lowest BCUT2D eigenvalue weighted by Gasteiger charge is -2.17. The standard InChI is InChI=1S/C18H30N2O/c1-6-20(7-2)13-18(21)19-11-10-17-12-16(14(3)4)9-8-15(17)5/h8-9,12,14H,6-7,10-11,13H2,1-5H3,(H,19,21). The van der Waals surface area contributed by atoms with E-state index in [1.54, 1.807) is 0 Å². The Balaban J connectivity index is 2.48. The number of likely N-dealkylation sites (N-methyl/N-ethyl adjacent to an activating group) is 1. The molecule has 1 aromatic carbocycles. The Labute approximate surface area is 129 Å². The molecule has 0 aliphatic heterocycles. The number of hydrogen-bond acceptors (Lipinski definition) is 2. The first-order valence-electron chi connectivity index (χ1n) is 8.06. The van der Waals surface area contributed by atoms with Crippen molar-refractivity contribution in [2.45, 2.75) is 47.0 Å². The van der Waals surface area contributed by atoms with Crippen molar-refractivity contribution >= 4 is 5.91 Å². The maximum absolute atomic E-state index is 11.9. The van der Waals surface area contributed by atoms with Crippen LogP contribution in [0.25, 0.3) is 0 Å². The van der Waals surface area contributed by atoms with Gasteiger partial charge in [0.25, 0.3) is 0 Å². The highest BCUT2D eigenvalue weighted by Gasteiger charge is 2.08. The highest BCUT2D eigenvalue weighted by molar-refractivity contribution is 5.78. The van der Waals surface area contributed by atoms with Gasteiger partial charge >= 0.3 is 0 Å². The van der Waals surface area contributed by atoms with Crippen molar-refractivity contribution in [3.05, 3.63) is 34.9 Å². The van der Waals surface area contributed by atoms with Crippen molar-refractivity contribution in [3.63, 3.8) is 0 Å². The number of rotatable bonds is 8. The lowest BCUT2D eigenvalue weighted by molar-refractivity contribution is -0.122.